The number of anilines is 1. The number of thiazole rings is 1. The van der Waals surface area contributed by atoms with Crippen LogP contribution < -0.4 is 5.73 Å². The number of aromatic nitrogens is 2. The van der Waals surface area contributed by atoms with Crippen LogP contribution in [0, 0.1) is 6.92 Å². The van der Waals surface area contributed by atoms with E-state index in [2.05, 4.69) is 14.7 Å². The first-order chi connectivity index (χ1) is 8.34. The highest BCUT2D eigenvalue weighted by molar-refractivity contribution is 7.18. The van der Waals surface area contributed by atoms with Crippen molar-refractivity contribution in [3.63, 3.8) is 0 Å². The summed E-state index contributed by atoms with van der Waals surface area (Å²) in [5.74, 6) is 0. The summed E-state index contributed by atoms with van der Waals surface area (Å²) in [6.45, 7) is 1.70. The van der Waals surface area contributed by atoms with E-state index in [0.717, 1.165) is 7.11 Å². The third-order valence-electron chi connectivity index (χ3n) is 2.40. The van der Waals surface area contributed by atoms with E-state index >= 15 is 0 Å². The van der Waals surface area contributed by atoms with Gasteiger partial charge in [-0.05, 0) is 6.92 Å². The highest BCUT2D eigenvalue weighted by Crippen LogP contribution is 2.41. The summed E-state index contributed by atoms with van der Waals surface area (Å²) in [7, 11) is 0.989. The van der Waals surface area contributed by atoms with E-state index in [1.54, 1.807) is 6.92 Å². The quantitative estimate of drug-likeness (QED) is 0.917. The molecular formula is C10H10F3N3OS. The predicted octanol–water partition coefficient (Wildman–Crippen LogP) is 2.83. The molecule has 0 aliphatic rings. The van der Waals surface area contributed by atoms with Crippen molar-refractivity contribution in [2.24, 2.45) is 0 Å². The summed E-state index contributed by atoms with van der Waals surface area (Å²) in [4.78, 5) is 8.44. The van der Waals surface area contributed by atoms with Gasteiger partial charge in [0, 0.05) is 12.7 Å². The molecule has 0 aliphatic carbocycles. The van der Waals surface area contributed by atoms with Crippen molar-refractivity contribution in [2.75, 3.05) is 12.8 Å². The first-order valence-electron chi connectivity index (χ1n) is 4.95. The molecule has 0 radical (unpaired) electrons. The second-order valence-electron chi connectivity index (χ2n) is 3.67. The smallest absolute Gasteiger partial charge is 0.397 e. The lowest BCUT2D eigenvalue weighted by molar-refractivity contribution is -0.215. The molecule has 2 aromatic heterocycles. The Morgan fingerprint density at radius 2 is 2.11 bits per heavy atom. The number of methoxy groups -OCH3 is 1. The number of halogens is 3. The van der Waals surface area contributed by atoms with Crippen molar-refractivity contribution in [3.8, 4) is 0 Å². The molecule has 4 nitrogen and oxygen atoms in total. The number of fused-ring (bicyclic) bond motifs is 1. The van der Waals surface area contributed by atoms with Gasteiger partial charge in [0.2, 0.25) is 0 Å². The van der Waals surface area contributed by atoms with Crippen LogP contribution >= 0.6 is 11.3 Å². The van der Waals surface area contributed by atoms with E-state index in [0.29, 0.717) is 9.84 Å². The summed E-state index contributed by atoms with van der Waals surface area (Å²) in [5, 5.41) is 0.626. The zero-order valence-corrected chi connectivity index (χ0v) is 10.4. The Morgan fingerprint density at radius 1 is 1.44 bits per heavy atom. The molecule has 0 aliphatic heterocycles. The molecule has 0 spiro atoms. The Labute approximate surface area is 105 Å². The SMILES string of the molecule is CO[C@@H](c1c(N)cnc2sc(C)nc12)C(F)(F)F. The van der Waals surface area contributed by atoms with Gasteiger partial charge < -0.3 is 10.5 Å². The second kappa shape index (κ2) is 4.36. The van der Waals surface area contributed by atoms with E-state index in [-0.39, 0.29) is 16.8 Å². The molecule has 2 N–H and O–H groups in total. The zero-order chi connectivity index (χ0) is 13.5. The van der Waals surface area contributed by atoms with Gasteiger partial charge >= 0.3 is 6.18 Å². The molecule has 0 aromatic carbocycles. The van der Waals surface area contributed by atoms with E-state index in [9.17, 15) is 13.2 Å². The van der Waals surface area contributed by atoms with Crippen LogP contribution in [0.4, 0.5) is 18.9 Å². The van der Waals surface area contributed by atoms with E-state index in [1.165, 1.54) is 17.5 Å². The molecule has 8 heteroatoms. The Morgan fingerprint density at radius 3 is 2.67 bits per heavy atom. The van der Waals surface area contributed by atoms with Crippen LogP contribution in [0.5, 0.6) is 0 Å². The highest BCUT2D eigenvalue weighted by atomic mass is 32.1. The average Bonchev–Trinajstić information content (AvgIpc) is 2.61. The molecule has 0 saturated heterocycles. The number of hydrogen-bond acceptors (Lipinski definition) is 5. The number of nitrogens with two attached hydrogens (primary N) is 1. The molecule has 0 bridgehead atoms. The molecule has 1 atom stereocenters. The van der Waals surface area contributed by atoms with E-state index in [4.69, 9.17) is 5.73 Å². The summed E-state index contributed by atoms with van der Waals surface area (Å²) in [5.41, 5.74) is 5.51. The number of aryl methyl sites for hydroxylation is 1. The van der Waals surface area contributed by atoms with Crippen LogP contribution in [0.1, 0.15) is 16.7 Å². The Hall–Kier alpha value is -1.41. The third-order valence-corrected chi connectivity index (χ3v) is 3.28. The van der Waals surface area contributed by atoms with Crippen molar-refractivity contribution in [3.05, 3.63) is 16.8 Å². The maximum Gasteiger partial charge on any atom is 0.419 e. The van der Waals surface area contributed by atoms with E-state index in [1.807, 2.05) is 0 Å². The number of pyridine rings is 1. The fourth-order valence-electron chi connectivity index (χ4n) is 1.70. The monoisotopic (exact) mass is 277 g/mol. The number of hydrogen-bond donors (Lipinski definition) is 1. The summed E-state index contributed by atoms with van der Waals surface area (Å²) < 4.78 is 43.2. The summed E-state index contributed by atoms with van der Waals surface area (Å²) in [6.07, 6.45) is -5.44. The van der Waals surface area contributed by atoms with Crippen LogP contribution in [-0.2, 0) is 4.74 Å². The Bertz CT molecular complexity index is 581. The molecule has 98 valence electrons. The molecular weight excluding hydrogens is 267 g/mol. The number of nitrogen functional groups attached to an aromatic ring is 1. The zero-order valence-electron chi connectivity index (χ0n) is 9.58. The standard InChI is InChI=1S/C10H10F3N3OS/c1-4-16-7-6(8(17-2)10(11,12)13)5(14)3-15-9(7)18-4/h3,8H,14H2,1-2H3/t8-/m0/s1. The van der Waals surface area contributed by atoms with Gasteiger partial charge in [0.1, 0.15) is 10.3 Å². The van der Waals surface area contributed by atoms with Gasteiger partial charge in [-0.15, -0.1) is 0 Å². The van der Waals surface area contributed by atoms with Crippen LogP contribution in [0.3, 0.4) is 0 Å². The predicted molar refractivity (Wildman–Crippen MR) is 62.4 cm³/mol. The number of ether oxygens (including phenoxy) is 1. The fourth-order valence-corrected chi connectivity index (χ4v) is 2.48. The number of rotatable bonds is 2. The van der Waals surface area contributed by atoms with E-state index < -0.39 is 12.3 Å². The summed E-state index contributed by atoms with van der Waals surface area (Å²) in [6, 6.07) is 0. The summed E-state index contributed by atoms with van der Waals surface area (Å²) >= 11 is 1.21. The van der Waals surface area contributed by atoms with Crippen molar-refractivity contribution in [1.82, 2.24) is 9.97 Å². The largest absolute Gasteiger partial charge is 0.419 e. The van der Waals surface area contributed by atoms with Gasteiger partial charge in [-0.3, -0.25) is 0 Å². The Balaban J connectivity index is 2.71. The molecule has 0 fully saturated rings. The van der Waals surface area contributed by atoms with Crippen molar-refractivity contribution >= 4 is 27.4 Å². The maximum atomic E-state index is 12.9. The van der Waals surface area contributed by atoms with Gasteiger partial charge in [-0.25, -0.2) is 9.97 Å². The van der Waals surface area contributed by atoms with Gasteiger partial charge in [-0.1, -0.05) is 11.3 Å². The second-order valence-corrected chi connectivity index (χ2v) is 4.85. The van der Waals surface area contributed by atoms with Gasteiger partial charge in [0.15, 0.2) is 6.10 Å². The van der Waals surface area contributed by atoms with Gasteiger partial charge in [0.25, 0.3) is 0 Å². The normalized spacial score (nSPS) is 14.1. The number of alkyl halides is 3. The molecule has 0 amide bonds. The Kier molecular flexibility index (Phi) is 3.16. The van der Waals surface area contributed by atoms with Crippen LogP contribution in [-0.4, -0.2) is 23.3 Å². The van der Waals surface area contributed by atoms with Gasteiger partial charge in [-0.2, -0.15) is 13.2 Å². The molecule has 18 heavy (non-hydrogen) atoms. The van der Waals surface area contributed by atoms with Crippen molar-refractivity contribution in [2.45, 2.75) is 19.2 Å². The third kappa shape index (κ3) is 2.13. The lowest BCUT2D eigenvalue weighted by Gasteiger charge is -2.20. The lowest BCUT2D eigenvalue weighted by atomic mass is 10.1. The first kappa shape index (κ1) is 13.0. The van der Waals surface area contributed by atoms with Crippen molar-refractivity contribution in [1.29, 1.82) is 0 Å². The molecule has 0 saturated carbocycles. The van der Waals surface area contributed by atoms with Crippen molar-refractivity contribution < 1.29 is 17.9 Å². The first-order valence-corrected chi connectivity index (χ1v) is 5.77. The van der Waals surface area contributed by atoms with Crippen LogP contribution in [0.2, 0.25) is 0 Å². The minimum atomic E-state index is -4.55. The number of nitrogens with zero attached hydrogens (tertiary/aromatic N) is 2. The van der Waals surface area contributed by atoms with Gasteiger partial charge in [0.05, 0.1) is 16.9 Å². The molecule has 2 aromatic rings. The van der Waals surface area contributed by atoms with Crippen LogP contribution in [0.25, 0.3) is 10.3 Å². The minimum absolute atomic E-state index is 0.0722. The molecule has 2 rings (SSSR count). The molecule has 2 heterocycles. The topological polar surface area (TPSA) is 61.0 Å². The minimum Gasteiger partial charge on any atom is -0.397 e. The average molecular weight is 277 g/mol. The fraction of sp³-hybridized carbons (Fsp3) is 0.400. The maximum absolute atomic E-state index is 12.9. The lowest BCUT2D eigenvalue weighted by Crippen LogP contribution is -2.24. The highest BCUT2D eigenvalue weighted by Gasteiger charge is 2.43. The van der Waals surface area contributed by atoms with Crippen LogP contribution in [0.15, 0.2) is 6.20 Å². The molecule has 0 unspecified atom stereocenters.